The molecule has 1 aromatic carbocycles. The Balaban J connectivity index is 1.72. The fraction of sp³-hybridized carbons (Fsp3) is 0.500. The highest BCUT2D eigenvalue weighted by Gasteiger charge is 2.61. The number of benzene rings is 1. The second-order valence-corrected chi connectivity index (χ2v) is 7.19. The number of anilines is 1. The molecule has 4 fully saturated rings. The van der Waals surface area contributed by atoms with Crippen molar-refractivity contribution < 1.29 is 27.6 Å². The van der Waals surface area contributed by atoms with Gasteiger partial charge in [-0.2, -0.15) is 13.2 Å². The Hall–Kier alpha value is -2.38. The Labute approximate surface area is 147 Å². The van der Waals surface area contributed by atoms with Crippen molar-refractivity contribution in [3.8, 4) is 0 Å². The fourth-order valence-corrected chi connectivity index (χ4v) is 4.74. The van der Waals surface area contributed by atoms with E-state index in [0.717, 1.165) is 23.5 Å². The molecule has 1 saturated carbocycles. The van der Waals surface area contributed by atoms with Gasteiger partial charge in [0.2, 0.25) is 17.7 Å². The average molecular weight is 366 g/mol. The highest BCUT2D eigenvalue weighted by atomic mass is 19.4. The normalized spacial score (nSPS) is 30.8. The Morgan fingerprint density at radius 2 is 1.81 bits per heavy atom. The molecule has 3 amide bonds. The minimum Gasteiger partial charge on any atom is -0.339 e. The summed E-state index contributed by atoms with van der Waals surface area (Å²) in [5.41, 5.74) is -0.961. The monoisotopic (exact) mass is 366 g/mol. The lowest BCUT2D eigenvalue weighted by molar-refractivity contribution is -0.148. The molecule has 138 valence electrons. The molecule has 0 N–H and O–H groups in total. The van der Waals surface area contributed by atoms with E-state index in [0.29, 0.717) is 13.0 Å². The molecule has 3 saturated heterocycles. The molecule has 0 spiro atoms. The van der Waals surface area contributed by atoms with Crippen molar-refractivity contribution >= 4 is 23.4 Å². The molecule has 26 heavy (non-hydrogen) atoms. The molecular formula is C18H17F3N2O3. The number of carbonyl (C=O) groups is 3. The SMILES string of the molecule is CC(=O)N1CC2CCC1[C@H]1C(=O)N(c3cccc(C(F)(F)F)c3)C(=O)[C@@H]21. The van der Waals surface area contributed by atoms with E-state index in [1.54, 1.807) is 4.90 Å². The second-order valence-electron chi connectivity index (χ2n) is 7.19. The number of fused-ring (bicyclic) bond motifs is 2. The number of hydrogen-bond acceptors (Lipinski definition) is 3. The van der Waals surface area contributed by atoms with Crippen molar-refractivity contribution in [2.75, 3.05) is 11.4 Å². The van der Waals surface area contributed by atoms with E-state index in [9.17, 15) is 27.6 Å². The first-order chi connectivity index (χ1) is 12.2. The Morgan fingerprint density at radius 3 is 2.46 bits per heavy atom. The Bertz CT molecular complexity index is 807. The average Bonchev–Trinajstić information content (AvgIpc) is 2.87. The van der Waals surface area contributed by atoms with E-state index < -0.39 is 35.4 Å². The molecule has 4 aliphatic rings. The summed E-state index contributed by atoms with van der Waals surface area (Å²) in [4.78, 5) is 40.2. The first kappa shape index (κ1) is 17.1. The summed E-state index contributed by atoms with van der Waals surface area (Å²) < 4.78 is 39.0. The van der Waals surface area contributed by atoms with Crippen LogP contribution in [0.4, 0.5) is 18.9 Å². The summed E-state index contributed by atoms with van der Waals surface area (Å²) in [6, 6.07) is 3.92. The molecular weight excluding hydrogens is 349 g/mol. The van der Waals surface area contributed by atoms with Gasteiger partial charge in [-0.25, -0.2) is 4.90 Å². The topological polar surface area (TPSA) is 57.7 Å². The number of amides is 3. The largest absolute Gasteiger partial charge is 0.416 e. The van der Waals surface area contributed by atoms with Crippen molar-refractivity contribution in [3.05, 3.63) is 29.8 Å². The van der Waals surface area contributed by atoms with E-state index >= 15 is 0 Å². The van der Waals surface area contributed by atoms with Gasteiger partial charge in [-0.1, -0.05) is 6.07 Å². The van der Waals surface area contributed by atoms with Crippen LogP contribution in [0.2, 0.25) is 0 Å². The van der Waals surface area contributed by atoms with E-state index in [4.69, 9.17) is 0 Å². The summed E-state index contributed by atoms with van der Waals surface area (Å²) in [5.74, 6) is -2.42. The van der Waals surface area contributed by atoms with Crippen LogP contribution in [-0.4, -0.2) is 35.2 Å². The summed E-state index contributed by atoms with van der Waals surface area (Å²) in [5, 5.41) is 0. The summed E-state index contributed by atoms with van der Waals surface area (Å²) in [6.45, 7) is 1.86. The van der Waals surface area contributed by atoms with Gasteiger partial charge in [0.25, 0.3) is 0 Å². The lowest BCUT2D eigenvalue weighted by atomic mass is 9.66. The lowest BCUT2D eigenvalue weighted by Gasteiger charge is -2.49. The standard InChI is InChI=1S/C18H17F3N2O3/c1-9(24)22-8-10-5-6-13(22)15-14(10)16(25)23(17(15)26)12-4-2-3-11(7-12)18(19,20)21/h2-4,7,10,13-15H,5-6,8H2,1H3/t10?,13?,14-,15+/m0/s1. The predicted molar refractivity (Wildman–Crippen MR) is 84.8 cm³/mol. The summed E-state index contributed by atoms with van der Waals surface area (Å²) in [6.07, 6.45) is -3.18. The van der Waals surface area contributed by atoms with Gasteiger partial charge in [0, 0.05) is 19.5 Å². The van der Waals surface area contributed by atoms with Crippen LogP contribution < -0.4 is 4.90 Å². The number of piperidine rings is 2. The third-order valence-corrected chi connectivity index (χ3v) is 5.82. The zero-order chi connectivity index (χ0) is 18.8. The third-order valence-electron chi connectivity index (χ3n) is 5.82. The molecule has 4 atom stereocenters. The third kappa shape index (κ3) is 2.34. The van der Waals surface area contributed by atoms with Crippen molar-refractivity contribution in [1.82, 2.24) is 4.90 Å². The highest BCUT2D eigenvalue weighted by molar-refractivity contribution is 6.22. The first-order valence-corrected chi connectivity index (χ1v) is 8.52. The Morgan fingerprint density at radius 1 is 1.12 bits per heavy atom. The highest BCUT2D eigenvalue weighted by Crippen LogP contribution is 2.49. The van der Waals surface area contributed by atoms with Gasteiger partial charge in [-0.3, -0.25) is 14.4 Å². The van der Waals surface area contributed by atoms with Crippen LogP contribution in [0.15, 0.2) is 24.3 Å². The molecule has 8 heteroatoms. The molecule has 1 aromatic rings. The van der Waals surface area contributed by atoms with Crippen LogP contribution in [0.5, 0.6) is 0 Å². The van der Waals surface area contributed by atoms with E-state index in [-0.39, 0.29) is 23.6 Å². The van der Waals surface area contributed by atoms with Crippen molar-refractivity contribution in [2.24, 2.45) is 17.8 Å². The van der Waals surface area contributed by atoms with Gasteiger partial charge in [-0.15, -0.1) is 0 Å². The van der Waals surface area contributed by atoms with E-state index in [1.807, 2.05) is 0 Å². The van der Waals surface area contributed by atoms with Crippen molar-refractivity contribution in [2.45, 2.75) is 32.0 Å². The zero-order valence-corrected chi connectivity index (χ0v) is 14.0. The van der Waals surface area contributed by atoms with Crippen LogP contribution in [0.3, 0.4) is 0 Å². The van der Waals surface area contributed by atoms with Gasteiger partial charge >= 0.3 is 6.18 Å². The summed E-state index contributed by atoms with van der Waals surface area (Å²) in [7, 11) is 0. The first-order valence-electron chi connectivity index (χ1n) is 8.52. The number of carbonyl (C=O) groups excluding carboxylic acids is 3. The molecule has 5 nitrogen and oxygen atoms in total. The van der Waals surface area contributed by atoms with E-state index in [1.165, 1.54) is 19.1 Å². The van der Waals surface area contributed by atoms with Crippen LogP contribution in [0, 0.1) is 17.8 Å². The number of alkyl halides is 3. The van der Waals surface area contributed by atoms with Gasteiger partial charge in [0.15, 0.2) is 0 Å². The minimum atomic E-state index is -4.56. The predicted octanol–water partition coefficient (Wildman–Crippen LogP) is 2.45. The number of halogens is 3. The van der Waals surface area contributed by atoms with Crippen molar-refractivity contribution in [1.29, 1.82) is 0 Å². The smallest absolute Gasteiger partial charge is 0.339 e. The molecule has 5 rings (SSSR count). The van der Waals surface area contributed by atoms with Crippen LogP contribution in [0.25, 0.3) is 0 Å². The summed E-state index contributed by atoms with van der Waals surface area (Å²) >= 11 is 0. The molecule has 1 aliphatic carbocycles. The maximum absolute atomic E-state index is 13.0. The maximum atomic E-state index is 13.0. The van der Waals surface area contributed by atoms with Gasteiger partial charge in [0.1, 0.15) is 0 Å². The van der Waals surface area contributed by atoms with Gasteiger partial charge in [0.05, 0.1) is 23.1 Å². The number of nitrogens with zero attached hydrogens (tertiary/aromatic N) is 2. The minimum absolute atomic E-state index is 0.0574. The Kier molecular flexibility index (Phi) is 3.65. The molecule has 3 aliphatic heterocycles. The molecule has 3 heterocycles. The van der Waals surface area contributed by atoms with Gasteiger partial charge < -0.3 is 4.90 Å². The molecule has 2 bridgehead atoms. The van der Waals surface area contributed by atoms with E-state index in [2.05, 4.69) is 0 Å². The lowest BCUT2D eigenvalue weighted by Crippen LogP contribution is -2.59. The second kappa shape index (κ2) is 5.56. The number of hydrogen-bond donors (Lipinski definition) is 0. The number of imide groups is 1. The van der Waals surface area contributed by atoms with Crippen LogP contribution in [0.1, 0.15) is 25.3 Å². The molecule has 2 unspecified atom stereocenters. The maximum Gasteiger partial charge on any atom is 0.416 e. The molecule has 0 aromatic heterocycles. The van der Waals surface area contributed by atoms with Gasteiger partial charge in [-0.05, 0) is 37.0 Å². The fourth-order valence-electron chi connectivity index (χ4n) is 4.74. The van der Waals surface area contributed by atoms with Crippen LogP contribution >= 0.6 is 0 Å². The number of rotatable bonds is 1. The quantitative estimate of drug-likeness (QED) is 0.718. The molecule has 0 radical (unpaired) electrons. The van der Waals surface area contributed by atoms with Crippen molar-refractivity contribution in [3.63, 3.8) is 0 Å². The zero-order valence-electron chi connectivity index (χ0n) is 14.0. The van der Waals surface area contributed by atoms with Crippen LogP contribution in [-0.2, 0) is 20.6 Å².